The number of nitro groups is 1. The molecule has 0 saturated heterocycles. The van der Waals surface area contributed by atoms with Crippen molar-refractivity contribution in [3.8, 4) is 17.2 Å². The van der Waals surface area contributed by atoms with Crippen LogP contribution in [0.2, 0.25) is 0 Å². The van der Waals surface area contributed by atoms with Crippen LogP contribution in [0, 0.1) is 10.1 Å². The molecule has 9 heteroatoms. The molecule has 1 heterocycles. The van der Waals surface area contributed by atoms with Crippen molar-refractivity contribution < 1.29 is 23.9 Å². The highest BCUT2D eigenvalue weighted by Crippen LogP contribution is 2.40. The fraction of sp³-hybridized carbons (Fsp3) is 0.250. The Hall–Kier alpha value is -3.75. The third-order valence-corrected chi connectivity index (χ3v) is 4.11. The molecule has 0 bridgehead atoms. The number of nitrogens with zero attached hydrogens (tertiary/aromatic N) is 1. The third kappa shape index (κ3) is 5.38. The van der Waals surface area contributed by atoms with Crippen LogP contribution in [0.1, 0.15) is 5.56 Å². The normalized spacial score (nSPS) is 12.4. The Morgan fingerprint density at radius 3 is 2.69 bits per heavy atom. The van der Waals surface area contributed by atoms with Crippen LogP contribution in [-0.4, -0.2) is 44.2 Å². The van der Waals surface area contributed by atoms with Crippen LogP contribution in [0.25, 0.3) is 6.08 Å². The zero-order valence-corrected chi connectivity index (χ0v) is 15.8. The van der Waals surface area contributed by atoms with Gasteiger partial charge in [0.1, 0.15) is 13.2 Å². The first-order valence-electron chi connectivity index (χ1n) is 8.98. The Kier molecular flexibility index (Phi) is 6.51. The molecule has 0 aromatic heterocycles. The van der Waals surface area contributed by atoms with Gasteiger partial charge in [-0.2, -0.15) is 0 Å². The van der Waals surface area contributed by atoms with Gasteiger partial charge in [0.05, 0.1) is 12.0 Å². The molecule has 152 valence electrons. The van der Waals surface area contributed by atoms with Crippen LogP contribution in [0.15, 0.2) is 42.5 Å². The van der Waals surface area contributed by atoms with Crippen molar-refractivity contribution in [3.05, 3.63) is 58.2 Å². The number of amides is 1. The molecular weight excluding hydrogens is 378 g/mol. The fourth-order valence-electron chi connectivity index (χ4n) is 2.71. The maximum Gasteiger partial charge on any atom is 0.269 e. The van der Waals surface area contributed by atoms with E-state index < -0.39 is 4.92 Å². The monoisotopic (exact) mass is 399 g/mol. The van der Waals surface area contributed by atoms with E-state index in [2.05, 4.69) is 10.6 Å². The summed E-state index contributed by atoms with van der Waals surface area (Å²) in [5, 5.41) is 16.5. The van der Waals surface area contributed by atoms with E-state index in [0.29, 0.717) is 43.6 Å². The molecule has 2 aromatic rings. The lowest BCUT2D eigenvalue weighted by Gasteiger charge is -2.20. The number of non-ortho nitro benzene ring substituents is 1. The Labute approximate surface area is 167 Å². The summed E-state index contributed by atoms with van der Waals surface area (Å²) in [6.45, 7) is 1.81. The fourth-order valence-corrected chi connectivity index (χ4v) is 2.71. The summed E-state index contributed by atoms with van der Waals surface area (Å²) in [7, 11) is 1.55. The van der Waals surface area contributed by atoms with Gasteiger partial charge in [-0.3, -0.25) is 14.9 Å². The van der Waals surface area contributed by atoms with Gasteiger partial charge in [-0.1, -0.05) is 0 Å². The second-order valence-corrected chi connectivity index (χ2v) is 6.10. The van der Waals surface area contributed by atoms with E-state index in [4.69, 9.17) is 14.2 Å². The van der Waals surface area contributed by atoms with Gasteiger partial charge in [-0.05, 0) is 35.9 Å². The highest BCUT2D eigenvalue weighted by atomic mass is 16.6. The molecular formula is C20H21N3O6. The number of nitro benzene ring substituents is 1. The number of fused-ring (bicyclic) bond motifs is 1. The highest BCUT2D eigenvalue weighted by Gasteiger charge is 2.17. The Morgan fingerprint density at radius 2 is 1.97 bits per heavy atom. The van der Waals surface area contributed by atoms with Gasteiger partial charge >= 0.3 is 0 Å². The van der Waals surface area contributed by atoms with E-state index in [1.807, 2.05) is 0 Å². The van der Waals surface area contributed by atoms with Gasteiger partial charge in [0.15, 0.2) is 11.5 Å². The zero-order chi connectivity index (χ0) is 20.6. The topological polar surface area (TPSA) is 112 Å². The lowest BCUT2D eigenvalue weighted by molar-refractivity contribution is -0.384. The van der Waals surface area contributed by atoms with Crippen LogP contribution in [0.5, 0.6) is 17.2 Å². The number of hydrogen-bond acceptors (Lipinski definition) is 7. The van der Waals surface area contributed by atoms with Crippen molar-refractivity contribution in [2.45, 2.75) is 0 Å². The minimum Gasteiger partial charge on any atom is -0.493 e. The van der Waals surface area contributed by atoms with Crippen LogP contribution >= 0.6 is 0 Å². The molecule has 1 aliphatic rings. The number of anilines is 1. The van der Waals surface area contributed by atoms with E-state index >= 15 is 0 Å². The van der Waals surface area contributed by atoms with Crippen molar-refractivity contribution in [2.75, 3.05) is 38.7 Å². The molecule has 1 aliphatic heterocycles. The molecule has 0 radical (unpaired) electrons. The molecule has 0 saturated carbocycles. The zero-order valence-electron chi connectivity index (χ0n) is 15.8. The summed E-state index contributed by atoms with van der Waals surface area (Å²) in [5.41, 5.74) is 1.53. The third-order valence-electron chi connectivity index (χ3n) is 4.11. The Balaban J connectivity index is 1.48. The lowest BCUT2D eigenvalue weighted by Crippen LogP contribution is -2.27. The molecule has 0 unspecified atom stereocenters. The van der Waals surface area contributed by atoms with E-state index in [1.54, 1.807) is 37.5 Å². The molecule has 0 spiro atoms. The van der Waals surface area contributed by atoms with Crippen molar-refractivity contribution in [3.63, 3.8) is 0 Å². The first-order chi connectivity index (χ1) is 14.1. The standard InChI is InChI=1S/C20H21N3O6/c1-27-17-12-14(13-18-20(17)29-11-10-28-18)2-7-19(24)22-9-8-21-15-3-5-16(6-4-15)23(25)26/h2-7,12-13,21H,8-11H2,1H3,(H,22,24)/b7-2+. The van der Waals surface area contributed by atoms with Crippen LogP contribution in [0.4, 0.5) is 11.4 Å². The smallest absolute Gasteiger partial charge is 0.269 e. The first-order valence-corrected chi connectivity index (χ1v) is 8.98. The number of hydrogen-bond donors (Lipinski definition) is 2. The number of rotatable bonds is 8. The maximum atomic E-state index is 12.0. The molecule has 9 nitrogen and oxygen atoms in total. The van der Waals surface area contributed by atoms with Crippen LogP contribution < -0.4 is 24.8 Å². The minimum atomic E-state index is -0.451. The first kappa shape index (κ1) is 20.0. The summed E-state index contributed by atoms with van der Waals surface area (Å²) in [6.07, 6.45) is 3.09. The summed E-state index contributed by atoms with van der Waals surface area (Å²) in [6, 6.07) is 9.64. The van der Waals surface area contributed by atoms with Crippen molar-refractivity contribution in [1.82, 2.24) is 5.32 Å². The molecule has 0 fully saturated rings. The maximum absolute atomic E-state index is 12.0. The predicted molar refractivity (Wildman–Crippen MR) is 108 cm³/mol. The second kappa shape index (κ2) is 9.45. The summed E-state index contributed by atoms with van der Waals surface area (Å²) in [4.78, 5) is 22.2. The van der Waals surface area contributed by atoms with Gasteiger partial charge in [0.2, 0.25) is 11.7 Å². The number of nitrogens with one attached hydrogen (secondary N) is 2. The second-order valence-electron chi connectivity index (χ2n) is 6.10. The molecule has 0 aliphatic carbocycles. The average Bonchev–Trinajstić information content (AvgIpc) is 2.75. The van der Waals surface area contributed by atoms with Gasteiger partial charge in [-0.25, -0.2) is 0 Å². The quantitative estimate of drug-likeness (QED) is 0.304. The van der Waals surface area contributed by atoms with Crippen molar-refractivity contribution >= 4 is 23.4 Å². The molecule has 29 heavy (non-hydrogen) atoms. The molecule has 0 atom stereocenters. The summed E-state index contributed by atoms with van der Waals surface area (Å²) >= 11 is 0. The molecule has 3 rings (SSSR count). The average molecular weight is 399 g/mol. The van der Waals surface area contributed by atoms with Crippen molar-refractivity contribution in [2.24, 2.45) is 0 Å². The lowest BCUT2D eigenvalue weighted by atomic mass is 10.1. The van der Waals surface area contributed by atoms with Gasteiger partial charge in [-0.15, -0.1) is 0 Å². The largest absolute Gasteiger partial charge is 0.493 e. The highest BCUT2D eigenvalue weighted by molar-refractivity contribution is 5.91. The number of methoxy groups -OCH3 is 1. The van der Waals surface area contributed by atoms with Crippen LogP contribution in [0.3, 0.4) is 0 Å². The Morgan fingerprint density at radius 1 is 1.21 bits per heavy atom. The van der Waals surface area contributed by atoms with E-state index in [0.717, 1.165) is 11.3 Å². The van der Waals surface area contributed by atoms with E-state index in [1.165, 1.54) is 18.2 Å². The number of carbonyl (C=O) groups excluding carboxylic acids is 1. The van der Waals surface area contributed by atoms with Gasteiger partial charge in [0, 0.05) is 37.0 Å². The molecule has 2 aromatic carbocycles. The number of carbonyl (C=O) groups is 1. The summed E-state index contributed by atoms with van der Waals surface area (Å²) in [5.74, 6) is 1.46. The molecule has 2 N–H and O–H groups in total. The van der Waals surface area contributed by atoms with Crippen molar-refractivity contribution in [1.29, 1.82) is 0 Å². The minimum absolute atomic E-state index is 0.0322. The summed E-state index contributed by atoms with van der Waals surface area (Å²) < 4.78 is 16.4. The Bertz CT molecular complexity index is 894. The van der Waals surface area contributed by atoms with Crippen LogP contribution in [-0.2, 0) is 4.79 Å². The number of benzene rings is 2. The molecule has 1 amide bonds. The van der Waals surface area contributed by atoms with E-state index in [9.17, 15) is 14.9 Å². The van der Waals surface area contributed by atoms with E-state index in [-0.39, 0.29) is 11.6 Å². The predicted octanol–water partition coefficient (Wildman–Crippen LogP) is 2.62. The number of ether oxygens (including phenoxy) is 3. The van der Waals surface area contributed by atoms with Gasteiger partial charge in [0.25, 0.3) is 5.69 Å². The SMILES string of the molecule is COc1cc(/C=C/C(=O)NCCNc2ccc([N+](=O)[O-])cc2)cc2c1OCCO2. The van der Waals surface area contributed by atoms with Gasteiger partial charge < -0.3 is 24.8 Å².